The van der Waals surface area contributed by atoms with Crippen molar-refractivity contribution in [2.24, 2.45) is 5.73 Å². The standard InChI is InChI=1S/C25H49N3O7S/c1-23(29)8-4-2-6-12-28-25(31)22-36-21-20-35-19-18-34-17-16-33-15-14-32-13-9-24(30)27-11-7-3-5-10-26/h2-22,26H2,1H3,(H,27,30)(H,28,31). The molecule has 4 N–H and O–H groups in total. The Morgan fingerprint density at radius 2 is 1.17 bits per heavy atom. The first-order chi connectivity index (χ1) is 17.6. The summed E-state index contributed by atoms with van der Waals surface area (Å²) in [6.45, 7) is 7.50. The molecular weight excluding hydrogens is 486 g/mol. The van der Waals surface area contributed by atoms with Crippen LogP contribution in [0.25, 0.3) is 0 Å². The third-order valence-corrected chi connectivity index (χ3v) is 5.85. The van der Waals surface area contributed by atoms with Gasteiger partial charge in [0.1, 0.15) is 5.78 Å². The second kappa shape index (κ2) is 28.3. The van der Waals surface area contributed by atoms with E-state index >= 15 is 0 Å². The zero-order valence-corrected chi connectivity index (χ0v) is 23.0. The highest BCUT2D eigenvalue weighted by Gasteiger charge is 2.02. The number of ether oxygens (including phenoxy) is 4. The minimum Gasteiger partial charge on any atom is -0.379 e. The predicted molar refractivity (Wildman–Crippen MR) is 143 cm³/mol. The lowest BCUT2D eigenvalue weighted by Gasteiger charge is -2.08. The maximum absolute atomic E-state index is 11.7. The van der Waals surface area contributed by atoms with Gasteiger partial charge in [0.15, 0.2) is 0 Å². The normalized spacial score (nSPS) is 10.9. The predicted octanol–water partition coefficient (Wildman–Crippen LogP) is 1.69. The van der Waals surface area contributed by atoms with Crippen LogP contribution in [0.4, 0.5) is 0 Å². The molecular formula is C25H49N3O7S. The van der Waals surface area contributed by atoms with Crippen molar-refractivity contribution < 1.29 is 33.3 Å². The Morgan fingerprint density at radius 3 is 1.75 bits per heavy atom. The number of hydrogen-bond donors (Lipinski definition) is 3. The van der Waals surface area contributed by atoms with Gasteiger partial charge in [-0.1, -0.05) is 12.8 Å². The van der Waals surface area contributed by atoms with Gasteiger partial charge in [-0.3, -0.25) is 9.59 Å². The van der Waals surface area contributed by atoms with E-state index in [1.165, 1.54) is 0 Å². The summed E-state index contributed by atoms with van der Waals surface area (Å²) >= 11 is 1.54. The van der Waals surface area contributed by atoms with Gasteiger partial charge in [-0.25, -0.2) is 0 Å². The molecule has 0 radical (unpaired) electrons. The molecule has 10 nitrogen and oxygen atoms in total. The highest BCUT2D eigenvalue weighted by atomic mass is 32.2. The third kappa shape index (κ3) is 29.0. The summed E-state index contributed by atoms with van der Waals surface area (Å²) in [6, 6.07) is 0. The van der Waals surface area contributed by atoms with Crippen molar-refractivity contribution in [2.45, 2.75) is 58.3 Å². The van der Waals surface area contributed by atoms with Crippen LogP contribution < -0.4 is 16.4 Å². The highest BCUT2D eigenvalue weighted by molar-refractivity contribution is 7.99. The Bertz CT molecular complexity index is 542. The van der Waals surface area contributed by atoms with Crippen LogP contribution in [0.1, 0.15) is 58.3 Å². The summed E-state index contributed by atoms with van der Waals surface area (Å²) in [6.07, 6.45) is 6.72. The van der Waals surface area contributed by atoms with Gasteiger partial charge in [0.05, 0.1) is 58.6 Å². The molecule has 36 heavy (non-hydrogen) atoms. The van der Waals surface area contributed by atoms with E-state index < -0.39 is 0 Å². The van der Waals surface area contributed by atoms with Crippen LogP contribution >= 0.6 is 11.8 Å². The summed E-state index contributed by atoms with van der Waals surface area (Å²) in [5.41, 5.74) is 5.43. The van der Waals surface area contributed by atoms with Crippen LogP contribution in [0.2, 0.25) is 0 Å². The Labute approximate surface area is 221 Å². The van der Waals surface area contributed by atoms with Crippen molar-refractivity contribution in [2.75, 3.05) is 84.0 Å². The van der Waals surface area contributed by atoms with Crippen LogP contribution in [-0.4, -0.2) is 102 Å². The zero-order valence-electron chi connectivity index (χ0n) is 22.2. The molecule has 0 unspecified atom stereocenters. The van der Waals surface area contributed by atoms with Gasteiger partial charge in [0.2, 0.25) is 11.8 Å². The number of carbonyl (C=O) groups is 3. The van der Waals surface area contributed by atoms with Gasteiger partial charge < -0.3 is 40.1 Å². The lowest BCUT2D eigenvalue weighted by Crippen LogP contribution is -2.26. The van der Waals surface area contributed by atoms with E-state index in [0.29, 0.717) is 91.1 Å². The molecule has 0 bridgehead atoms. The number of nitrogens with one attached hydrogen (secondary N) is 2. The molecule has 212 valence electrons. The van der Waals surface area contributed by atoms with Crippen LogP contribution in [0.5, 0.6) is 0 Å². The van der Waals surface area contributed by atoms with Gasteiger partial charge in [0, 0.05) is 31.7 Å². The van der Waals surface area contributed by atoms with E-state index in [0.717, 1.165) is 44.3 Å². The van der Waals surface area contributed by atoms with Gasteiger partial charge in [-0.05, 0) is 39.2 Å². The molecule has 0 aromatic heterocycles. The fourth-order valence-corrected chi connectivity index (χ4v) is 3.59. The number of thioether (sulfide) groups is 1. The molecule has 11 heteroatoms. The van der Waals surface area contributed by atoms with Gasteiger partial charge >= 0.3 is 0 Å². The first-order valence-electron chi connectivity index (χ1n) is 13.2. The topological polar surface area (TPSA) is 138 Å². The Hall–Kier alpha value is -1.24. The van der Waals surface area contributed by atoms with E-state index in [9.17, 15) is 14.4 Å². The summed E-state index contributed by atoms with van der Waals surface area (Å²) in [5.74, 6) is 1.45. The summed E-state index contributed by atoms with van der Waals surface area (Å²) < 4.78 is 21.8. The molecule has 0 aliphatic carbocycles. The van der Waals surface area contributed by atoms with Crippen LogP contribution in [0.15, 0.2) is 0 Å². The number of amides is 2. The Kier molecular flexibility index (Phi) is 27.4. The van der Waals surface area contributed by atoms with Crippen LogP contribution in [-0.2, 0) is 33.3 Å². The SMILES string of the molecule is CC(=O)CCCCCNC(=O)CSCCOCCOCCOCCOCCC(=O)NCCCCCN. The quantitative estimate of drug-likeness (QED) is 0.128. The lowest BCUT2D eigenvalue weighted by molar-refractivity contribution is -0.122. The van der Waals surface area contributed by atoms with Crippen molar-refractivity contribution >= 4 is 29.4 Å². The fourth-order valence-electron chi connectivity index (χ4n) is 2.93. The molecule has 0 fully saturated rings. The minimum absolute atomic E-state index is 0.00747. The fraction of sp³-hybridized carbons (Fsp3) is 0.880. The zero-order chi connectivity index (χ0) is 26.5. The van der Waals surface area contributed by atoms with E-state index in [2.05, 4.69) is 10.6 Å². The molecule has 0 aromatic rings. The molecule has 0 saturated carbocycles. The maximum Gasteiger partial charge on any atom is 0.229 e. The largest absolute Gasteiger partial charge is 0.379 e. The highest BCUT2D eigenvalue weighted by Crippen LogP contribution is 2.01. The Balaban J connectivity index is 3.20. The second-order valence-electron chi connectivity index (χ2n) is 8.31. The number of ketones is 1. The first kappa shape index (κ1) is 34.8. The number of unbranched alkanes of at least 4 members (excludes halogenated alkanes) is 4. The van der Waals surface area contributed by atoms with Gasteiger partial charge in [0.25, 0.3) is 0 Å². The molecule has 0 aliphatic heterocycles. The molecule has 2 amide bonds. The summed E-state index contributed by atoms with van der Waals surface area (Å²) in [5, 5.41) is 5.76. The van der Waals surface area contributed by atoms with Crippen molar-refractivity contribution in [3.8, 4) is 0 Å². The first-order valence-corrected chi connectivity index (χ1v) is 14.3. The number of rotatable bonds is 28. The van der Waals surface area contributed by atoms with Crippen LogP contribution in [0, 0.1) is 0 Å². The van der Waals surface area contributed by atoms with Crippen molar-refractivity contribution in [1.29, 1.82) is 0 Å². The summed E-state index contributed by atoms with van der Waals surface area (Å²) in [7, 11) is 0. The lowest BCUT2D eigenvalue weighted by atomic mass is 10.1. The average Bonchev–Trinajstić information content (AvgIpc) is 2.85. The van der Waals surface area contributed by atoms with E-state index in [4.69, 9.17) is 24.7 Å². The molecule has 0 heterocycles. The minimum atomic E-state index is 0.00747. The number of hydrogen-bond acceptors (Lipinski definition) is 9. The monoisotopic (exact) mass is 535 g/mol. The van der Waals surface area contributed by atoms with Gasteiger partial charge in [-0.15, -0.1) is 11.8 Å². The van der Waals surface area contributed by atoms with E-state index in [1.54, 1.807) is 18.7 Å². The smallest absolute Gasteiger partial charge is 0.229 e. The van der Waals surface area contributed by atoms with E-state index in [-0.39, 0.29) is 17.6 Å². The second-order valence-corrected chi connectivity index (χ2v) is 9.42. The average molecular weight is 536 g/mol. The molecule has 0 rings (SSSR count). The Morgan fingerprint density at radius 1 is 0.639 bits per heavy atom. The number of Topliss-reactive ketones (excluding diaryl/α,β-unsaturated/α-hetero) is 1. The molecule has 0 saturated heterocycles. The summed E-state index contributed by atoms with van der Waals surface area (Å²) in [4.78, 5) is 34.2. The molecule has 0 spiro atoms. The van der Waals surface area contributed by atoms with Crippen molar-refractivity contribution in [3.63, 3.8) is 0 Å². The van der Waals surface area contributed by atoms with Crippen LogP contribution in [0.3, 0.4) is 0 Å². The van der Waals surface area contributed by atoms with Gasteiger partial charge in [-0.2, -0.15) is 0 Å². The third-order valence-electron chi connectivity index (χ3n) is 4.93. The number of carbonyl (C=O) groups excluding carboxylic acids is 3. The number of nitrogens with two attached hydrogens (primary N) is 1. The molecule has 0 atom stereocenters. The maximum atomic E-state index is 11.7. The van der Waals surface area contributed by atoms with Crippen molar-refractivity contribution in [3.05, 3.63) is 0 Å². The van der Waals surface area contributed by atoms with E-state index in [1.807, 2.05) is 0 Å². The van der Waals surface area contributed by atoms with Crippen molar-refractivity contribution in [1.82, 2.24) is 10.6 Å². The molecule has 0 aliphatic rings. The molecule has 0 aromatic carbocycles.